The first-order valence-corrected chi connectivity index (χ1v) is 8.85. The summed E-state index contributed by atoms with van der Waals surface area (Å²) in [5, 5.41) is 17.6. The van der Waals surface area contributed by atoms with E-state index in [4.69, 9.17) is 9.57 Å². The molecule has 10 heteroatoms. The zero-order valence-corrected chi connectivity index (χ0v) is 15.4. The fourth-order valence-corrected chi connectivity index (χ4v) is 2.80. The highest BCUT2D eigenvalue weighted by molar-refractivity contribution is 5.91. The number of anilines is 2. The van der Waals surface area contributed by atoms with Crippen LogP contribution in [0.25, 0.3) is 0 Å². The fraction of sp³-hybridized carbons (Fsp3) is 0.263. The molecule has 2 aromatic rings. The van der Waals surface area contributed by atoms with Gasteiger partial charge in [-0.15, -0.1) is 0 Å². The second-order valence-corrected chi connectivity index (χ2v) is 6.17. The van der Waals surface area contributed by atoms with Crippen LogP contribution in [-0.4, -0.2) is 50.0 Å². The molecule has 1 N–H and O–H groups in total. The number of carbonyl (C=O) groups is 1. The van der Waals surface area contributed by atoms with Crippen LogP contribution in [0.3, 0.4) is 0 Å². The summed E-state index contributed by atoms with van der Waals surface area (Å²) in [6.45, 7) is 1.81. The quantitative estimate of drug-likeness (QED) is 0.433. The highest BCUT2D eigenvalue weighted by atomic mass is 19.1. The van der Waals surface area contributed by atoms with Crippen molar-refractivity contribution in [1.82, 2.24) is 0 Å². The predicted octanol–water partition coefficient (Wildman–Crippen LogP) is 2.56. The maximum Gasteiger partial charge on any atom is 0.293 e. The maximum absolute atomic E-state index is 13.1. The van der Waals surface area contributed by atoms with Crippen molar-refractivity contribution in [2.75, 3.05) is 43.1 Å². The third kappa shape index (κ3) is 5.72. The Labute approximate surface area is 165 Å². The Morgan fingerprint density at radius 3 is 2.83 bits per heavy atom. The van der Waals surface area contributed by atoms with Crippen molar-refractivity contribution in [1.29, 1.82) is 0 Å². The van der Waals surface area contributed by atoms with Gasteiger partial charge in [-0.25, -0.2) is 4.39 Å². The number of morpholine rings is 1. The summed E-state index contributed by atoms with van der Waals surface area (Å²) >= 11 is 0. The van der Waals surface area contributed by atoms with Crippen LogP contribution >= 0.6 is 0 Å². The molecule has 0 aromatic heterocycles. The van der Waals surface area contributed by atoms with Crippen molar-refractivity contribution >= 4 is 29.2 Å². The lowest BCUT2D eigenvalue weighted by Crippen LogP contribution is -2.36. The standard InChI is InChI=1S/C19H19FN4O5/c20-15-2-1-3-16(11-15)22-19(25)13-29-21-12-14-4-5-17(18(10-14)24(26)27)23-6-8-28-9-7-23/h1-5,10-12H,6-9,13H2,(H,22,25)/b21-12-. The molecule has 0 saturated carbocycles. The van der Waals surface area contributed by atoms with Crippen LogP contribution in [-0.2, 0) is 14.4 Å². The highest BCUT2D eigenvalue weighted by Crippen LogP contribution is 2.29. The van der Waals surface area contributed by atoms with Gasteiger partial charge < -0.3 is 19.8 Å². The van der Waals surface area contributed by atoms with Gasteiger partial charge in [-0.3, -0.25) is 14.9 Å². The minimum atomic E-state index is -0.513. The van der Waals surface area contributed by atoms with Crippen LogP contribution in [0.5, 0.6) is 0 Å². The number of hydrogen-bond acceptors (Lipinski definition) is 7. The molecule has 0 bridgehead atoms. The van der Waals surface area contributed by atoms with Crippen LogP contribution in [0.15, 0.2) is 47.6 Å². The molecule has 1 fully saturated rings. The van der Waals surface area contributed by atoms with Crippen molar-refractivity contribution in [2.45, 2.75) is 0 Å². The van der Waals surface area contributed by atoms with Crippen molar-refractivity contribution < 1.29 is 23.7 Å². The fourth-order valence-electron chi connectivity index (χ4n) is 2.80. The number of carbonyl (C=O) groups excluding carboxylic acids is 1. The normalized spacial score (nSPS) is 14.0. The van der Waals surface area contributed by atoms with Gasteiger partial charge >= 0.3 is 0 Å². The average Bonchev–Trinajstić information content (AvgIpc) is 2.72. The zero-order chi connectivity index (χ0) is 20.6. The smallest absolute Gasteiger partial charge is 0.293 e. The van der Waals surface area contributed by atoms with Gasteiger partial charge in [0.25, 0.3) is 11.6 Å². The van der Waals surface area contributed by atoms with E-state index in [9.17, 15) is 19.3 Å². The first-order valence-electron chi connectivity index (χ1n) is 8.85. The summed E-state index contributed by atoms with van der Waals surface area (Å²) in [4.78, 5) is 29.6. The number of nitrogens with one attached hydrogen (secondary N) is 1. The predicted molar refractivity (Wildman–Crippen MR) is 105 cm³/mol. The van der Waals surface area contributed by atoms with Gasteiger partial charge in [-0.05, 0) is 24.3 Å². The minimum Gasteiger partial charge on any atom is -0.386 e. The first kappa shape index (κ1) is 20.2. The summed E-state index contributed by atoms with van der Waals surface area (Å²) in [5.74, 6) is -0.981. The van der Waals surface area contributed by atoms with Crippen LogP contribution in [0.4, 0.5) is 21.5 Å². The minimum absolute atomic E-state index is 0.0419. The van der Waals surface area contributed by atoms with Gasteiger partial charge in [-0.1, -0.05) is 17.3 Å². The van der Waals surface area contributed by atoms with E-state index in [0.717, 1.165) is 0 Å². The van der Waals surface area contributed by atoms with Gasteiger partial charge in [0.15, 0.2) is 6.61 Å². The van der Waals surface area contributed by atoms with Crippen LogP contribution in [0.2, 0.25) is 0 Å². The van der Waals surface area contributed by atoms with E-state index < -0.39 is 16.6 Å². The molecule has 2 aromatic carbocycles. The Bertz CT molecular complexity index is 915. The number of hydrogen-bond donors (Lipinski definition) is 1. The van der Waals surface area contributed by atoms with Crippen molar-refractivity contribution in [3.05, 3.63) is 64.0 Å². The van der Waals surface area contributed by atoms with Crippen LogP contribution in [0.1, 0.15) is 5.56 Å². The third-order valence-corrected chi connectivity index (χ3v) is 4.13. The molecule has 0 unspecified atom stereocenters. The molecule has 1 saturated heterocycles. The van der Waals surface area contributed by atoms with Gasteiger partial charge in [-0.2, -0.15) is 0 Å². The molecule has 0 radical (unpaired) electrons. The maximum atomic E-state index is 13.1. The van der Waals surface area contributed by atoms with Crippen molar-refractivity contribution in [3.63, 3.8) is 0 Å². The zero-order valence-electron chi connectivity index (χ0n) is 15.4. The van der Waals surface area contributed by atoms with E-state index in [0.29, 0.717) is 43.2 Å². The van der Waals surface area contributed by atoms with E-state index in [1.807, 2.05) is 4.90 Å². The van der Waals surface area contributed by atoms with E-state index >= 15 is 0 Å². The lowest BCUT2D eigenvalue weighted by molar-refractivity contribution is -0.384. The van der Waals surface area contributed by atoms with E-state index in [1.54, 1.807) is 18.2 Å². The number of amides is 1. The molecule has 1 amide bonds. The van der Waals surface area contributed by atoms with E-state index in [-0.39, 0.29) is 12.3 Å². The lowest BCUT2D eigenvalue weighted by atomic mass is 10.1. The Hall–Kier alpha value is -3.53. The molecule has 0 aliphatic carbocycles. The SMILES string of the molecule is O=C(CO/N=C\c1ccc(N2CCOCC2)c([N+](=O)[O-])c1)Nc1cccc(F)c1. The molecule has 9 nitrogen and oxygen atoms in total. The Morgan fingerprint density at radius 2 is 2.10 bits per heavy atom. The van der Waals surface area contributed by atoms with Gasteiger partial charge in [0, 0.05) is 30.4 Å². The number of nitro benzene ring substituents is 1. The Balaban J connectivity index is 1.57. The first-order chi connectivity index (χ1) is 14.0. The molecule has 0 spiro atoms. The molecule has 1 heterocycles. The van der Waals surface area contributed by atoms with Crippen molar-refractivity contribution in [2.24, 2.45) is 5.16 Å². The second kappa shape index (κ2) is 9.60. The van der Waals surface area contributed by atoms with Crippen LogP contribution < -0.4 is 10.2 Å². The number of nitrogens with zero attached hydrogens (tertiary/aromatic N) is 3. The summed E-state index contributed by atoms with van der Waals surface area (Å²) in [6, 6.07) is 10.2. The highest BCUT2D eigenvalue weighted by Gasteiger charge is 2.21. The third-order valence-electron chi connectivity index (χ3n) is 4.13. The number of oxime groups is 1. The molecule has 0 atom stereocenters. The number of ether oxygens (including phenoxy) is 1. The summed E-state index contributed by atoms with van der Waals surface area (Å²) in [5.41, 5.74) is 1.24. The number of nitro groups is 1. The summed E-state index contributed by atoms with van der Waals surface area (Å²) < 4.78 is 18.4. The molecular weight excluding hydrogens is 383 g/mol. The molecule has 1 aliphatic heterocycles. The number of benzene rings is 2. The van der Waals surface area contributed by atoms with Gasteiger partial charge in [0.05, 0.1) is 24.4 Å². The molecule has 3 rings (SSSR count). The average molecular weight is 402 g/mol. The molecular formula is C19H19FN4O5. The van der Waals surface area contributed by atoms with E-state index in [1.165, 1.54) is 30.5 Å². The number of rotatable bonds is 7. The molecule has 29 heavy (non-hydrogen) atoms. The molecule has 1 aliphatic rings. The van der Waals surface area contributed by atoms with Gasteiger partial charge in [0.1, 0.15) is 11.5 Å². The Kier molecular flexibility index (Phi) is 6.69. The van der Waals surface area contributed by atoms with Crippen LogP contribution in [0, 0.1) is 15.9 Å². The number of halogens is 1. The second-order valence-electron chi connectivity index (χ2n) is 6.17. The lowest BCUT2D eigenvalue weighted by Gasteiger charge is -2.28. The molecule has 152 valence electrons. The monoisotopic (exact) mass is 402 g/mol. The topological polar surface area (TPSA) is 106 Å². The summed E-state index contributed by atoms with van der Waals surface area (Å²) in [7, 11) is 0. The van der Waals surface area contributed by atoms with Crippen molar-refractivity contribution in [3.8, 4) is 0 Å². The Morgan fingerprint density at radius 1 is 1.31 bits per heavy atom. The van der Waals surface area contributed by atoms with E-state index in [2.05, 4.69) is 10.5 Å². The van der Waals surface area contributed by atoms with Gasteiger partial charge in [0.2, 0.25) is 0 Å². The summed E-state index contributed by atoms with van der Waals surface area (Å²) in [6.07, 6.45) is 1.28. The largest absolute Gasteiger partial charge is 0.386 e.